The van der Waals surface area contributed by atoms with Gasteiger partial charge in [-0.2, -0.15) is 0 Å². The van der Waals surface area contributed by atoms with Crippen molar-refractivity contribution in [3.63, 3.8) is 0 Å². The number of hydrogen-bond donors (Lipinski definition) is 3. The maximum atomic E-state index is 10.5. The molecule has 1 saturated carbocycles. The summed E-state index contributed by atoms with van der Waals surface area (Å²) in [6.45, 7) is 4.81. The highest BCUT2D eigenvalue weighted by Crippen LogP contribution is 2.39. The van der Waals surface area contributed by atoms with Crippen molar-refractivity contribution in [2.75, 3.05) is 6.61 Å². The molecule has 0 saturated heterocycles. The first-order chi connectivity index (χ1) is 12.6. The Hall–Kier alpha value is -0.840. The minimum atomic E-state index is -0.396. The normalized spacial score (nSPS) is 27.7. The summed E-state index contributed by atoms with van der Waals surface area (Å²) in [4.78, 5) is 0. The third-order valence-electron chi connectivity index (χ3n) is 5.45. The smallest absolute Gasteiger partial charge is 0.0751 e. The number of aliphatic hydroxyl groups excluding tert-OH is 3. The number of unbranched alkanes of at least 4 members (excludes halogenated alkanes) is 5. The van der Waals surface area contributed by atoms with E-state index in [4.69, 9.17) is 9.84 Å². The molecule has 1 aliphatic rings. The Morgan fingerprint density at radius 2 is 1.92 bits per heavy atom. The summed E-state index contributed by atoms with van der Waals surface area (Å²) in [6, 6.07) is 0. The second kappa shape index (κ2) is 14.2. The minimum absolute atomic E-state index is 0.0522. The second-order valence-corrected chi connectivity index (χ2v) is 7.51. The summed E-state index contributed by atoms with van der Waals surface area (Å²) in [5.74, 6) is 0.391. The third-order valence-corrected chi connectivity index (χ3v) is 5.45. The van der Waals surface area contributed by atoms with Crippen LogP contribution in [0.15, 0.2) is 24.5 Å². The van der Waals surface area contributed by atoms with Crippen molar-refractivity contribution in [2.45, 2.75) is 96.4 Å². The van der Waals surface area contributed by atoms with Gasteiger partial charge < -0.3 is 20.1 Å². The third kappa shape index (κ3) is 8.70. The molecule has 0 spiro atoms. The van der Waals surface area contributed by atoms with Gasteiger partial charge in [-0.3, -0.25) is 0 Å². The maximum absolute atomic E-state index is 10.5. The fourth-order valence-corrected chi connectivity index (χ4v) is 4.00. The van der Waals surface area contributed by atoms with Gasteiger partial charge in [0.05, 0.1) is 24.6 Å². The Morgan fingerprint density at radius 3 is 2.62 bits per heavy atom. The van der Waals surface area contributed by atoms with E-state index >= 15 is 0 Å². The van der Waals surface area contributed by atoms with Gasteiger partial charge in [0.1, 0.15) is 0 Å². The van der Waals surface area contributed by atoms with Crippen LogP contribution in [0, 0.1) is 11.8 Å². The summed E-state index contributed by atoms with van der Waals surface area (Å²) in [5.41, 5.74) is 0. The Kier molecular flexibility index (Phi) is 12.7. The highest BCUT2D eigenvalue weighted by Gasteiger charge is 2.41. The lowest BCUT2D eigenvalue weighted by atomic mass is 9.87. The first-order valence-corrected chi connectivity index (χ1v) is 10.6. The first kappa shape index (κ1) is 23.2. The van der Waals surface area contributed by atoms with Crippen LogP contribution in [0.25, 0.3) is 0 Å². The van der Waals surface area contributed by atoms with Crippen LogP contribution >= 0.6 is 0 Å². The van der Waals surface area contributed by atoms with Gasteiger partial charge in [0.2, 0.25) is 0 Å². The van der Waals surface area contributed by atoms with Crippen molar-refractivity contribution in [1.29, 1.82) is 0 Å². The molecule has 5 atom stereocenters. The average molecular weight is 369 g/mol. The fraction of sp³-hybridized carbons (Fsp3) is 0.818. The van der Waals surface area contributed by atoms with Crippen LogP contribution in [-0.4, -0.2) is 40.2 Å². The Labute approximate surface area is 160 Å². The lowest BCUT2D eigenvalue weighted by Crippen LogP contribution is -2.23. The second-order valence-electron chi connectivity index (χ2n) is 7.51. The topological polar surface area (TPSA) is 69.9 Å². The maximum Gasteiger partial charge on any atom is 0.0751 e. The van der Waals surface area contributed by atoms with Crippen LogP contribution in [0.5, 0.6) is 0 Å². The molecule has 0 aromatic heterocycles. The largest absolute Gasteiger partial charge is 0.516 e. The van der Waals surface area contributed by atoms with Crippen molar-refractivity contribution in [3.05, 3.63) is 24.5 Å². The molecule has 0 aromatic rings. The molecule has 1 aliphatic carbocycles. The molecule has 0 aliphatic heterocycles. The van der Waals surface area contributed by atoms with Gasteiger partial charge >= 0.3 is 0 Å². The van der Waals surface area contributed by atoms with E-state index in [-0.39, 0.29) is 24.0 Å². The summed E-state index contributed by atoms with van der Waals surface area (Å²) in [6.07, 6.45) is 16.2. The molecule has 4 heteroatoms. The average Bonchev–Trinajstić information content (AvgIpc) is 2.91. The quantitative estimate of drug-likeness (QED) is 0.231. The van der Waals surface area contributed by atoms with E-state index in [1.165, 1.54) is 0 Å². The fourth-order valence-electron chi connectivity index (χ4n) is 4.00. The zero-order chi connectivity index (χ0) is 19.2. The van der Waals surface area contributed by atoms with Gasteiger partial charge in [0.15, 0.2) is 0 Å². The van der Waals surface area contributed by atoms with E-state index in [1.54, 1.807) is 6.08 Å². The van der Waals surface area contributed by atoms with Crippen LogP contribution in [0.2, 0.25) is 0 Å². The van der Waals surface area contributed by atoms with Gasteiger partial charge in [-0.25, -0.2) is 0 Å². The molecule has 3 N–H and O–H groups in total. The Balaban J connectivity index is 2.55. The zero-order valence-corrected chi connectivity index (χ0v) is 16.7. The van der Waals surface area contributed by atoms with Crippen molar-refractivity contribution in [3.8, 4) is 0 Å². The van der Waals surface area contributed by atoms with E-state index in [2.05, 4.69) is 13.0 Å². The summed E-state index contributed by atoms with van der Waals surface area (Å²) < 4.78 is 5.88. The molecule has 0 aromatic carbocycles. The molecule has 5 unspecified atom stereocenters. The van der Waals surface area contributed by atoms with Crippen molar-refractivity contribution in [1.82, 2.24) is 0 Å². The molecule has 0 bridgehead atoms. The van der Waals surface area contributed by atoms with Crippen LogP contribution in [0.3, 0.4) is 0 Å². The number of aliphatic hydroxyl groups is 3. The lowest BCUT2D eigenvalue weighted by Gasteiger charge is -2.23. The molecule has 1 fully saturated rings. The van der Waals surface area contributed by atoms with Crippen LogP contribution in [-0.2, 0) is 4.74 Å². The summed E-state index contributed by atoms with van der Waals surface area (Å²) in [5, 5.41) is 29.4. The monoisotopic (exact) mass is 368 g/mol. The zero-order valence-electron chi connectivity index (χ0n) is 16.7. The predicted molar refractivity (Wildman–Crippen MR) is 107 cm³/mol. The Morgan fingerprint density at radius 1 is 1.12 bits per heavy atom. The van der Waals surface area contributed by atoms with Gasteiger partial charge in [-0.15, -0.1) is 0 Å². The molecule has 1 rings (SSSR count). The Bertz CT molecular complexity index is 394. The van der Waals surface area contributed by atoms with E-state index in [9.17, 15) is 10.2 Å². The van der Waals surface area contributed by atoms with E-state index < -0.39 is 6.10 Å². The van der Waals surface area contributed by atoms with Crippen LogP contribution in [0.4, 0.5) is 0 Å². The van der Waals surface area contributed by atoms with Crippen molar-refractivity contribution in [2.24, 2.45) is 11.8 Å². The van der Waals surface area contributed by atoms with Gasteiger partial charge in [0.25, 0.3) is 0 Å². The molecule has 0 radical (unpaired) electrons. The van der Waals surface area contributed by atoms with Gasteiger partial charge in [-0.1, -0.05) is 57.3 Å². The molecule has 26 heavy (non-hydrogen) atoms. The van der Waals surface area contributed by atoms with Gasteiger partial charge in [-0.05, 0) is 38.5 Å². The summed E-state index contributed by atoms with van der Waals surface area (Å²) >= 11 is 0. The molecule has 4 nitrogen and oxygen atoms in total. The molecular weight excluding hydrogens is 328 g/mol. The molecule has 0 heterocycles. The van der Waals surface area contributed by atoms with Crippen LogP contribution < -0.4 is 0 Å². The van der Waals surface area contributed by atoms with Crippen molar-refractivity contribution < 1.29 is 20.1 Å². The molecule has 152 valence electrons. The number of allylic oxidation sites excluding steroid dienone is 1. The highest BCUT2D eigenvalue weighted by atomic mass is 16.5. The minimum Gasteiger partial charge on any atom is -0.516 e. The first-order valence-electron chi connectivity index (χ1n) is 10.6. The number of rotatable bonds is 14. The number of hydrogen-bond acceptors (Lipinski definition) is 4. The van der Waals surface area contributed by atoms with E-state index in [1.807, 2.05) is 13.0 Å². The van der Waals surface area contributed by atoms with Gasteiger partial charge in [0, 0.05) is 18.9 Å². The SMILES string of the molecule is CCCCCC(O)/C=C/C1C(OCC)CC(O)C1CCCCCC=CO. The lowest BCUT2D eigenvalue weighted by molar-refractivity contribution is 0.0396. The highest BCUT2D eigenvalue weighted by molar-refractivity contribution is 5.04. The standard InChI is InChI=1S/C22H40O4/c1-3-5-9-12-18(24)14-15-20-19(13-10-7-6-8-11-16-23)21(25)17-22(20)26-4-2/h11,14-16,18-25H,3-10,12-13,17H2,1-2H3/b15-14+,16-11?. The summed E-state index contributed by atoms with van der Waals surface area (Å²) in [7, 11) is 0. The molecular formula is C22H40O4. The van der Waals surface area contributed by atoms with Crippen LogP contribution in [0.1, 0.15) is 78.1 Å². The van der Waals surface area contributed by atoms with E-state index in [0.717, 1.165) is 64.0 Å². The number of ether oxygens (including phenoxy) is 1. The molecule has 0 amide bonds. The van der Waals surface area contributed by atoms with Crippen molar-refractivity contribution >= 4 is 0 Å². The predicted octanol–water partition coefficient (Wildman–Crippen LogP) is 4.91. The van der Waals surface area contributed by atoms with E-state index in [0.29, 0.717) is 13.0 Å².